The zero-order chi connectivity index (χ0) is 22.7. The summed E-state index contributed by atoms with van der Waals surface area (Å²) in [5.41, 5.74) is 2.92. The standard InChI is InChI=1S/C25H32N4O3/c1-16(2)23(17-12-13-21(31-3)22(15-17)32-4)28-25(30)29-14-8-7-11-20(29)24-26-18-9-5-6-10-19(18)27-24/h5-6,9-10,12-13,15-16,20,23H,7-8,11,14H2,1-4H3,(H,26,27)(H,28,30)/t20-,23-/m0/s1. The minimum absolute atomic E-state index is 0.0608. The first-order valence-corrected chi connectivity index (χ1v) is 11.3. The van der Waals surface area contributed by atoms with Crippen LogP contribution in [0.1, 0.15) is 56.6 Å². The van der Waals surface area contributed by atoms with Gasteiger partial charge in [-0.3, -0.25) is 0 Å². The molecule has 2 N–H and O–H groups in total. The molecule has 4 rings (SSSR count). The van der Waals surface area contributed by atoms with Crippen LogP contribution in [0.15, 0.2) is 42.5 Å². The number of amides is 2. The number of carbonyl (C=O) groups excluding carboxylic acids is 1. The number of aromatic nitrogens is 2. The lowest BCUT2D eigenvalue weighted by molar-refractivity contribution is 0.142. The average Bonchev–Trinajstić information content (AvgIpc) is 3.26. The smallest absolute Gasteiger partial charge is 0.318 e. The largest absolute Gasteiger partial charge is 0.493 e. The molecule has 3 aromatic rings. The summed E-state index contributed by atoms with van der Waals surface area (Å²) in [5.74, 6) is 2.38. The highest BCUT2D eigenvalue weighted by molar-refractivity contribution is 5.77. The Morgan fingerprint density at radius 1 is 1.12 bits per heavy atom. The van der Waals surface area contributed by atoms with Crippen LogP contribution in [0.5, 0.6) is 11.5 Å². The molecule has 0 saturated carbocycles. The van der Waals surface area contributed by atoms with Crippen molar-refractivity contribution in [2.75, 3.05) is 20.8 Å². The number of hydrogen-bond acceptors (Lipinski definition) is 4. The third-order valence-corrected chi connectivity index (χ3v) is 6.20. The lowest BCUT2D eigenvalue weighted by Gasteiger charge is -2.36. The zero-order valence-corrected chi connectivity index (χ0v) is 19.2. The molecule has 7 heteroatoms. The van der Waals surface area contributed by atoms with E-state index in [-0.39, 0.29) is 24.0 Å². The number of carbonyl (C=O) groups is 1. The first-order valence-electron chi connectivity index (χ1n) is 11.3. The molecule has 2 atom stereocenters. The van der Waals surface area contributed by atoms with E-state index in [1.165, 1.54) is 0 Å². The van der Waals surface area contributed by atoms with Gasteiger partial charge < -0.3 is 24.7 Å². The number of urea groups is 1. The normalized spacial score (nSPS) is 17.4. The van der Waals surface area contributed by atoms with Gasteiger partial charge in [0, 0.05) is 6.54 Å². The van der Waals surface area contributed by atoms with Gasteiger partial charge >= 0.3 is 6.03 Å². The van der Waals surface area contributed by atoms with Crippen molar-refractivity contribution in [3.8, 4) is 11.5 Å². The second-order valence-corrected chi connectivity index (χ2v) is 8.63. The maximum atomic E-state index is 13.5. The Balaban J connectivity index is 1.58. The number of para-hydroxylation sites is 2. The van der Waals surface area contributed by atoms with Gasteiger partial charge in [-0.2, -0.15) is 0 Å². The van der Waals surface area contributed by atoms with Crippen LogP contribution in [0, 0.1) is 5.92 Å². The number of benzene rings is 2. The molecule has 1 aliphatic rings. The van der Waals surface area contributed by atoms with E-state index >= 15 is 0 Å². The first kappa shape index (κ1) is 22.0. The average molecular weight is 437 g/mol. The maximum absolute atomic E-state index is 13.5. The van der Waals surface area contributed by atoms with Gasteiger partial charge in [-0.05, 0) is 55.0 Å². The van der Waals surface area contributed by atoms with Gasteiger partial charge in [0.1, 0.15) is 5.82 Å². The van der Waals surface area contributed by atoms with Crippen LogP contribution >= 0.6 is 0 Å². The first-order chi connectivity index (χ1) is 15.5. The Kier molecular flexibility index (Phi) is 6.53. The van der Waals surface area contributed by atoms with Gasteiger partial charge in [0.2, 0.25) is 0 Å². The third kappa shape index (κ3) is 4.38. The van der Waals surface area contributed by atoms with Crippen molar-refractivity contribution in [1.82, 2.24) is 20.2 Å². The van der Waals surface area contributed by atoms with Crippen LogP contribution in [0.4, 0.5) is 4.79 Å². The molecule has 1 fully saturated rings. The van der Waals surface area contributed by atoms with Crippen molar-refractivity contribution in [3.63, 3.8) is 0 Å². The molecule has 0 unspecified atom stereocenters. The van der Waals surface area contributed by atoms with Crippen LogP contribution < -0.4 is 14.8 Å². The molecule has 0 radical (unpaired) electrons. The van der Waals surface area contributed by atoms with Crippen LogP contribution in [0.2, 0.25) is 0 Å². The Labute approximate surface area is 189 Å². The highest BCUT2D eigenvalue weighted by Crippen LogP contribution is 2.34. The predicted octanol–water partition coefficient (Wildman–Crippen LogP) is 5.21. The second kappa shape index (κ2) is 9.51. The Morgan fingerprint density at radius 3 is 2.62 bits per heavy atom. The maximum Gasteiger partial charge on any atom is 0.318 e. The summed E-state index contributed by atoms with van der Waals surface area (Å²) in [7, 11) is 3.24. The Hall–Kier alpha value is -3.22. The Bertz CT molecular complexity index is 1040. The molecule has 0 spiro atoms. The zero-order valence-electron chi connectivity index (χ0n) is 19.2. The van der Waals surface area contributed by atoms with E-state index in [0.717, 1.165) is 41.7 Å². The second-order valence-electron chi connectivity index (χ2n) is 8.63. The molecule has 2 aromatic carbocycles. The minimum atomic E-state index is -0.152. The molecule has 0 aliphatic carbocycles. The highest BCUT2D eigenvalue weighted by Gasteiger charge is 2.32. The van der Waals surface area contributed by atoms with Crippen molar-refractivity contribution in [1.29, 1.82) is 0 Å². The monoisotopic (exact) mass is 436 g/mol. The summed E-state index contributed by atoms with van der Waals surface area (Å²) < 4.78 is 10.8. The molecule has 0 bridgehead atoms. The van der Waals surface area contributed by atoms with E-state index in [1.807, 2.05) is 47.4 Å². The summed E-state index contributed by atoms with van der Waals surface area (Å²) in [5, 5.41) is 3.27. The number of nitrogens with zero attached hydrogens (tertiary/aromatic N) is 2. The summed E-state index contributed by atoms with van der Waals surface area (Å²) >= 11 is 0. The number of rotatable bonds is 6. The number of imidazole rings is 1. The number of H-pyrrole nitrogens is 1. The molecule has 32 heavy (non-hydrogen) atoms. The number of fused-ring (bicyclic) bond motifs is 1. The topological polar surface area (TPSA) is 79.5 Å². The Morgan fingerprint density at radius 2 is 1.91 bits per heavy atom. The van der Waals surface area contributed by atoms with Crippen molar-refractivity contribution in [2.45, 2.75) is 45.2 Å². The summed E-state index contributed by atoms with van der Waals surface area (Å²) in [6, 6.07) is 13.5. The van der Waals surface area contributed by atoms with E-state index in [2.05, 4.69) is 24.1 Å². The van der Waals surface area contributed by atoms with Crippen LogP contribution in [0.25, 0.3) is 11.0 Å². The molecule has 2 heterocycles. The molecular formula is C25H32N4O3. The fourth-order valence-corrected chi connectivity index (χ4v) is 4.49. The minimum Gasteiger partial charge on any atom is -0.493 e. The lowest BCUT2D eigenvalue weighted by atomic mass is 9.95. The highest BCUT2D eigenvalue weighted by atomic mass is 16.5. The van der Waals surface area contributed by atoms with E-state index in [9.17, 15) is 4.79 Å². The van der Waals surface area contributed by atoms with E-state index in [4.69, 9.17) is 14.5 Å². The molecule has 1 aliphatic heterocycles. The van der Waals surface area contributed by atoms with E-state index in [1.54, 1.807) is 14.2 Å². The number of nitrogens with one attached hydrogen (secondary N) is 2. The van der Waals surface area contributed by atoms with Crippen LogP contribution in [-0.4, -0.2) is 41.7 Å². The molecule has 7 nitrogen and oxygen atoms in total. The molecule has 2 amide bonds. The fourth-order valence-electron chi connectivity index (χ4n) is 4.49. The number of ether oxygens (including phenoxy) is 2. The third-order valence-electron chi connectivity index (χ3n) is 6.20. The molecule has 1 aromatic heterocycles. The quantitative estimate of drug-likeness (QED) is 0.556. The van der Waals surface area contributed by atoms with Crippen molar-refractivity contribution in [2.24, 2.45) is 5.92 Å². The predicted molar refractivity (Wildman–Crippen MR) is 125 cm³/mol. The van der Waals surface area contributed by atoms with Gasteiger partial charge in [0.05, 0.1) is 37.3 Å². The molecule has 1 saturated heterocycles. The number of likely N-dealkylation sites (tertiary alicyclic amines) is 1. The SMILES string of the molecule is COc1ccc([C@@H](NC(=O)N2CCCC[C@H]2c2nc3ccccc3[nH]2)C(C)C)cc1OC. The number of piperidine rings is 1. The van der Waals surface area contributed by atoms with Crippen molar-refractivity contribution < 1.29 is 14.3 Å². The van der Waals surface area contributed by atoms with Gasteiger partial charge in [-0.15, -0.1) is 0 Å². The molecular weight excluding hydrogens is 404 g/mol. The van der Waals surface area contributed by atoms with Crippen molar-refractivity contribution in [3.05, 3.63) is 53.9 Å². The summed E-state index contributed by atoms with van der Waals surface area (Å²) in [4.78, 5) is 23.6. The number of hydrogen-bond donors (Lipinski definition) is 2. The number of aromatic amines is 1. The van der Waals surface area contributed by atoms with Gasteiger partial charge in [0.25, 0.3) is 0 Å². The summed E-state index contributed by atoms with van der Waals surface area (Å²) in [6.45, 7) is 4.92. The van der Waals surface area contributed by atoms with Crippen molar-refractivity contribution >= 4 is 17.1 Å². The van der Waals surface area contributed by atoms with Gasteiger partial charge in [-0.1, -0.05) is 32.0 Å². The summed E-state index contributed by atoms with van der Waals surface area (Å²) in [6.07, 6.45) is 2.97. The van der Waals surface area contributed by atoms with Gasteiger partial charge in [-0.25, -0.2) is 9.78 Å². The fraction of sp³-hybridized carbons (Fsp3) is 0.440. The van der Waals surface area contributed by atoms with Crippen LogP contribution in [0.3, 0.4) is 0 Å². The molecule has 170 valence electrons. The van der Waals surface area contributed by atoms with E-state index < -0.39 is 0 Å². The van der Waals surface area contributed by atoms with Crippen LogP contribution in [-0.2, 0) is 0 Å². The van der Waals surface area contributed by atoms with Gasteiger partial charge in [0.15, 0.2) is 11.5 Å². The number of methoxy groups -OCH3 is 2. The lowest BCUT2D eigenvalue weighted by Crippen LogP contribution is -2.46. The van der Waals surface area contributed by atoms with E-state index in [0.29, 0.717) is 18.0 Å².